The van der Waals surface area contributed by atoms with Gasteiger partial charge in [-0.15, -0.1) is 0 Å². The molecule has 1 heterocycles. The summed E-state index contributed by atoms with van der Waals surface area (Å²) in [5.41, 5.74) is 1.77. The Morgan fingerprint density at radius 2 is 1.95 bits per heavy atom. The van der Waals surface area contributed by atoms with E-state index in [-0.39, 0.29) is 5.69 Å². The highest BCUT2D eigenvalue weighted by molar-refractivity contribution is 6.04. The molecule has 5 nitrogen and oxygen atoms in total. The molecule has 0 aliphatic rings. The predicted molar refractivity (Wildman–Crippen MR) is 78.4 cm³/mol. The summed E-state index contributed by atoms with van der Waals surface area (Å²) < 4.78 is 7.16. The monoisotopic (exact) mass is 282 g/mol. The Hall–Kier alpha value is -2.82. The fourth-order valence-electron chi connectivity index (χ4n) is 2.32. The second-order valence-corrected chi connectivity index (χ2v) is 4.70. The fourth-order valence-corrected chi connectivity index (χ4v) is 2.32. The molecule has 0 radical (unpaired) electrons. The van der Waals surface area contributed by atoms with E-state index in [1.165, 1.54) is 4.68 Å². The molecule has 5 heteroatoms. The summed E-state index contributed by atoms with van der Waals surface area (Å²) in [6.45, 7) is 0.383. The summed E-state index contributed by atoms with van der Waals surface area (Å²) in [5.74, 6) is -0.488. The van der Waals surface area contributed by atoms with E-state index >= 15 is 0 Å². The maximum Gasteiger partial charge on any atom is 0.354 e. The molecular formula is C16H14N2O3. The van der Waals surface area contributed by atoms with Crippen LogP contribution in [-0.2, 0) is 13.7 Å². The molecule has 1 aromatic heterocycles. The van der Waals surface area contributed by atoms with E-state index in [0.29, 0.717) is 23.3 Å². The van der Waals surface area contributed by atoms with Gasteiger partial charge in [0.05, 0.1) is 10.9 Å². The van der Waals surface area contributed by atoms with Crippen LogP contribution in [0.4, 0.5) is 0 Å². The van der Waals surface area contributed by atoms with Crippen molar-refractivity contribution >= 4 is 16.9 Å². The number of nitrogens with zero attached hydrogens (tertiary/aromatic N) is 2. The first-order valence-corrected chi connectivity index (χ1v) is 6.52. The summed E-state index contributed by atoms with van der Waals surface area (Å²) in [6.07, 6.45) is 0. The highest BCUT2D eigenvalue weighted by atomic mass is 16.5. The molecule has 2 aromatic carbocycles. The lowest BCUT2D eigenvalue weighted by Crippen LogP contribution is -2.06. The van der Waals surface area contributed by atoms with Gasteiger partial charge in [0.1, 0.15) is 12.4 Å². The normalized spacial score (nSPS) is 10.7. The third-order valence-corrected chi connectivity index (χ3v) is 3.26. The van der Waals surface area contributed by atoms with Crippen LogP contribution in [0.15, 0.2) is 48.5 Å². The minimum atomic E-state index is -1.02. The van der Waals surface area contributed by atoms with E-state index in [0.717, 1.165) is 5.56 Å². The Bertz CT molecular complexity index is 794. The fraction of sp³-hybridized carbons (Fsp3) is 0.125. The Balaban J connectivity index is 2.00. The number of aromatic carboxylic acids is 1. The van der Waals surface area contributed by atoms with Gasteiger partial charge in [-0.1, -0.05) is 36.4 Å². The summed E-state index contributed by atoms with van der Waals surface area (Å²) >= 11 is 0. The lowest BCUT2D eigenvalue weighted by Gasteiger charge is -2.08. The van der Waals surface area contributed by atoms with Crippen molar-refractivity contribution in [1.82, 2.24) is 9.78 Å². The van der Waals surface area contributed by atoms with E-state index in [1.54, 1.807) is 25.2 Å². The molecule has 0 atom stereocenters. The van der Waals surface area contributed by atoms with Crippen LogP contribution in [0.3, 0.4) is 0 Å². The van der Waals surface area contributed by atoms with Gasteiger partial charge in [-0.3, -0.25) is 4.68 Å². The molecule has 21 heavy (non-hydrogen) atoms. The molecule has 0 aliphatic heterocycles. The molecule has 0 saturated heterocycles. The minimum Gasteiger partial charge on any atom is -0.488 e. The number of hydrogen-bond donors (Lipinski definition) is 1. The third-order valence-electron chi connectivity index (χ3n) is 3.26. The zero-order valence-electron chi connectivity index (χ0n) is 11.5. The third kappa shape index (κ3) is 2.45. The number of ether oxygens (including phenoxy) is 1. The number of aryl methyl sites for hydroxylation is 1. The van der Waals surface area contributed by atoms with Crippen molar-refractivity contribution < 1.29 is 14.6 Å². The van der Waals surface area contributed by atoms with Crippen LogP contribution in [0.5, 0.6) is 5.75 Å². The van der Waals surface area contributed by atoms with Crippen LogP contribution in [0.2, 0.25) is 0 Å². The zero-order valence-corrected chi connectivity index (χ0v) is 11.5. The van der Waals surface area contributed by atoms with E-state index in [2.05, 4.69) is 5.10 Å². The summed E-state index contributed by atoms with van der Waals surface area (Å²) in [5, 5.41) is 14.1. The SMILES string of the molecule is Cn1nc2cccc(OCc3ccccc3)c2c1C(=O)O. The van der Waals surface area contributed by atoms with Gasteiger partial charge in [0, 0.05) is 7.05 Å². The molecular weight excluding hydrogens is 268 g/mol. The van der Waals surface area contributed by atoms with Crippen molar-refractivity contribution in [3.8, 4) is 5.75 Å². The smallest absolute Gasteiger partial charge is 0.354 e. The molecule has 3 rings (SSSR count). The summed E-state index contributed by atoms with van der Waals surface area (Å²) in [6, 6.07) is 15.1. The van der Waals surface area contributed by atoms with Crippen molar-refractivity contribution in [2.75, 3.05) is 0 Å². The van der Waals surface area contributed by atoms with Gasteiger partial charge in [0.25, 0.3) is 0 Å². The number of hydrogen-bond acceptors (Lipinski definition) is 3. The molecule has 0 saturated carbocycles. The van der Waals surface area contributed by atoms with Crippen molar-refractivity contribution in [1.29, 1.82) is 0 Å². The quantitative estimate of drug-likeness (QED) is 0.799. The van der Waals surface area contributed by atoms with Crippen LogP contribution in [-0.4, -0.2) is 20.9 Å². The Kier molecular flexibility index (Phi) is 3.31. The minimum absolute atomic E-state index is 0.133. The van der Waals surface area contributed by atoms with Crippen LogP contribution in [0, 0.1) is 0 Å². The van der Waals surface area contributed by atoms with E-state index in [4.69, 9.17) is 4.74 Å². The van der Waals surface area contributed by atoms with Gasteiger partial charge in [0.2, 0.25) is 0 Å². The van der Waals surface area contributed by atoms with Crippen LogP contribution >= 0.6 is 0 Å². The van der Waals surface area contributed by atoms with Crippen LogP contribution in [0.1, 0.15) is 16.1 Å². The number of aromatic nitrogens is 2. The molecule has 3 aromatic rings. The number of benzene rings is 2. The van der Waals surface area contributed by atoms with E-state index in [9.17, 15) is 9.90 Å². The lowest BCUT2D eigenvalue weighted by molar-refractivity contribution is 0.0687. The second-order valence-electron chi connectivity index (χ2n) is 4.70. The zero-order chi connectivity index (χ0) is 14.8. The Morgan fingerprint density at radius 3 is 2.67 bits per heavy atom. The highest BCUT2D eigenvalue weighted by Crippen LogP contribution is 2.29. The molecule has 0 bridgehead atoms. The topological polar surface area (TPSA) is 64.4 Å². The molecule has 1 N–H and O–H groups in total. The first kappa shape index (κ1) is 13.2. The van der Waals surface area contributed by atoms with Gasteiger partial charge in [-0.05, 0) is 17.7 Å². The summed E-state index contributed by atoms with van der Waals surface area (Å²) in [4.78, 5) is 11.4. The molecule has 0 fully saturated rings. The van der Waals surface area contributed by atoms with Gasteiger partial charge < -0.3 is 9.84 Å². The maximum absolute atomic E-state index is 11.4. The van der Waals surface area contributed by atoms with Gasteiger partial charge in [-0.2, -0.15) is 5.10 Å². The van der Waals surface area contributed by atoms with Crippen LogP contribution in [0.25, 0.3) is 10.9 Å². The maximum atomic E-state index is 11.4. The number of fused-ring (bicyclic) bond motifs is 1. The molecule has 106 valence electrons. The Labute approximate surface area is 121 Å². The highest BCUT2D eigenvalue weighted by Gasteiger charge is 2.19. The van der Waals surface area contributed by atoms with Crippen molar-refractivity contribution in [3.05, 3.63) is 59.8 Å². The van der Waals surface area contributed by atoms with Crippen molar-refractivity contribution in [3.63, 3.8) is 0 Å². The first-order chi connectivity index (χ1) is 10.2. The van der Waals surface area contributed by atoms with E-state index in [1.807, 2.05) is 30.3 Å². The average molecular weight is 282 g/mol. The molecule has 0 unspecified atom stereocenters. The number of carboxylic acid groups (broad SMARTS) is 1. The second kappa shape index (κ2) is 5.28. The summed E-state index contributed by atoms with van der Waals surface area (Å²) in [7, 11) is 1.62. The number of carbonyl (C=O) groups is 1. The Morgan fingerprint density at radius 1 is 1.19 bits per heavy atom. The van der Waals surface area contributed by atoms with Gasteiger partial charge in [-0.25, -0.2) is 4.79 Å². The molecule has 0 spiro atoms. The van der Waals surface area contributed by atoms with Crippen molar-refractivity contribution in [2.45, 2.75) is 6.61 Å². The number of rotatable bonds is 4. The number of carboxylic acids is 1. The molecule has 0 aliphatic carbocycles. The van der Waals surface area contributed by atoms with Crippen molar-refractivity contribution in [2.24, 2.45) is 7.05 Å². The predicted octanol–water partition coefficient (Wildman–Crippen LogP) is 2.85. The van der Waals surface area contributed by atoms with E-state index < -0.39 is 5.97 Å². The first-order valence-electron chi connectivity index (χ1n) is 6.52. The average Bonchev–Trinajstić information content (AvgIpc) is 2.82. The standard InChI is InChI=1S/C16H14N2O3/c1-18-15(16(19)20)14-12(17-18)8-5-9-13(14)21-10-11-6-3-2-4-7-11/h2-9H,10H2,1H3,(H,19,20). The lowest BCUT2D eigenvalue weighted by atomic mass is 10.2. The van der Waals surface area contributed by atoms with Gasteiger partial charge in [0.15, 0.2) is 5.69 Å². The van der Waals surface area contributed by atoms with Crippen LogP contribution < -0.4 is 4.74 Å². The molecule has 0 amide bonds. The largest absolute Gasteiger partial charge is 0.488 e. The van der Waals surface area contributed by atoms with Gasteiger partial charge >= 0.3 is 5.97 Å².